The Hall–Kier alpha value is -3.77. The van der Waals surface area contributed by atoms with Gasteiger partial charge in [-0.1, -0.05) is 17.7 Å². The number of hydrogen-bond acceptors (Lipinski definition) is 4. The zero-order valence-corrected chi connectivity index (χ0v) is 14.9. The van der Waals surface area contributed by atoms with E-state index in [2.05, 4.69) is 9.98 Å². The van der Waals surface area contributed by atoms with Gasteiger partial charge < -0.3 is 10.1 Å². The first-order valence-electron chi connectivity index (χ1n) is 8.00. The van der Waals surface area contributed by atoms with Gasteiger partial charge in [-0.05, 0) is 24.3 Å². The first-order chi connectivity index (χ1) is 13.8. The first-order valence-corrected chi connectivity index (χ1v) is 8.38. The van der Waals surface area contributed by atoms with Crippen LogP contribution in [0.3, 0.4) is 0 Å². The van der Waals surface area contributed by atoms with Gasteiger partial charge in [-0.3, -0.25) is 4.99 Å². The lowest BCUT2D eigenvalue weighted by atomic mass is 10.1. The number of H-pyrrole nitrogens is 1. The fourth-order valence-electron chi connectivity index (χ4n) is 2.94. The summed E-state index contributed by atoms with van der Waals surface area (Å²) in [4.78, 5) is 18.5. The van der Waals surface area contributed by atoms with Gasteiger partial charge in [0, 0.05) is 17.4 Å². The van der Waals surface area contributed by atoms with Crippen molar-refractivity contribution in [3.05, 3.63) is 74.0 Å². The zero-order valence-electron chi connectivity index (χ0n) is 14.2. The van der Waals surface area contributed by atoms with Crippen LogP contribution in [0, 0.1) is 28.8 Å². The standard InChI is InChI=1S/C19H8ClF3N4O2/c20-11-3-2-10-9(7-25-17(10)15(11)22)5-12-18(28)27(19(29)26-12)13-4-1-8(6-24)14(21)16(13)23/h1-5,7,28H,(H,26,29). The molecular formula is C19H8ClF3N4O2. The smallest absolute Gasteiger partial charge is 0.333 e. The van der Waals surface area contributed by atoms with E-state index in [0.717, 1.165) is 12.1 Å². The van der Waals surface area contributed by atoms with E-state index in [1.165, 1.54) is 30.5 Å². The van der Waals surface area contributed by atoms with Crippen molar-refractivity contribution < 1.29 is 18.3 Å². The highest BCUT2D eigenvalue weighted by Gasteiger charge is 2.23. The van der Waals surface area contributed by atoms with Gasteiger partial charge in [0.1, 0.15) is 17.5 Å². The average Bonchev–Trinajstić information content (AvgIpc) is 3.22. The number of aliphatic imine (C=N–C) groups is 1. The molecule has 0 amide bonds. The number of fused-ring (bicyclic) bond motifs is 1. The Morgan fingerprint density at radius 3 is 2.66 bits per heavy atom. The minimum absolute atomic E-state index is 0.00484. The van der Waals surface area contributed by atoms with Gasteiger partial charge in [-0.15, -0.1) is 0 Å². The Kier molecular flexibility index (Phi) is 4.28. The predicted molar refractivity (Wildman–Crippen MR) is 100 cm³/mol. The Labute approximate surface area is 165 Å². The summed E-state index contributed by atoms with van der Waals surface area (Å²) in [6.07, 6.45) is 2.61. The van der Waals surface area contributed by atoms with Crippen LogP contribution in [0.5, 0.6) is 5.88 Å². The van der Waals surface area contributed by atoms with E-state index in [0.29, 0.717) is 15.7 Å². The van der Waals surface area contributed by atoms with E-state index in [1.54, 1.807) is 0 Å². The van der Waals surface area contributed by atoms with Crippen molar-refractivity contribution in [2.75, 3.05) is 0 Å². The highest BCUT2D eigenvalue weighted by molar-refractivity contribution is 6.31. The summed E-state index contributed by atoms with van der Waals surface area (Å²) in [6.45, 7) is 0. The Morgan fingerprint density at radius 1 is 1.17 bits per heavy atom. The number of rotatable bonds is 2. The van der Waals surface area contributed by atoms with Crippen LogP contribution in [0.4, 0.5) is 18.9 Å². The number of imidazole rings is 1. The fourth-order valence-corrected chi connectivity index (χ4v) is 3.09. The van der Waals surface area contributed by atoms with E-state index < -0.39 is 40.3 Å². The number of allylic oxidation sites excluding steroid dienone is 1. The van der Waals surface area contributed by atoms with Gasteiger partial charge >= 0.3 is 5.69 Å². The van der Waals surface area contributed by atoms with Gasteiger partial charge in [0.25, 0.3) is 0 Å². The fraction of sp³-hybridized carbons (Fsp3) is 0. The number of aromatic nitrogens is 2. The van der Waals surface area contributed by atoms with E-state index in [9.17, 15) is 23.1 Å². The topological polar surface area (TPSA) is 94.2 Å². The lowest BCUT2D eigenvalue weighted by molar-refractivity contribution is 0.433. The third kappa shape index (κ3) is 2.81. The van der Waals surface area contributed by atoms with Crippen molar-refractivity contribution in [1.29, 1.82) is 5.26 Å². The quantitative estimate of drug-likeness (QED) is 0.659. The summed E-state index contributed by atoms with van der Waals surface area (Å²) in [5.74, 6) is -4.33. The van der Waals surface area contributed by atoms with E-state index in [1.807, 2.05) is 0 Å². The number of hydrogen-bond donors (Lipinski definition) is 2. The number of nitrogens with zero attached hydrogens (tertiary/aromatic N) is 3. The summed E-state index contributed by atoms with van der Waals surface area (Å²) in [7, 11) is 0. The van der Waals surface area contributed by atoms with Crippen LogP contribution in [0.2, 0.25) is 5.02 Å². The molecule has 0 spiro atoms. The highest BCUT2D eigenvalue weighted by Crippen LogP contribution is 2.38. The summed E-state index contributed by atoms with van der Waals surface area (Å²) < 4.78 is 42.7. The molecule has 1 aliphatic rings. The van der Waals surface area contributed by atoms with Gasteiger partial charge in [-0.2, -0.15) is 5.26 Å². The van der Waals surface area contributed by atoms with Crippen LogP contribution in [-0.2, 0) is 0 Å². The number of benzene rings is 2. The van der Waals surface area contributed by atoms with E-state index >= 15 is 0 Å². The summed E-state index contributed by atoms with van der Waals surface area (Å²) >= 11 is 5.72. The van der Waals surface area contributed by atoms with Crippen LogP contribution in [0.15, 0.2) is 34.1 Å². The number of nitriles is 1. The largest absolute Gasteiger partial charge is 0.493 e. The maximum Gasteiger partial charge on any atom is 0.333 e. The monoisotopic (exact) mass is 416 g/mol. The van der Waals surface area contributed by atoms with Crippen molar-refractivity contribution >= 4 is 35.2 Å². The third-order valence-electron chi connectivity index (χ3n) is 4.33. The van der Waals surface area contributed by atoms with Crippen molar-refractivity contribution in [1.82, 2.24) is 9.55 Å². The highest BCUT2D eigenvalue weighted by atomic mass is 35.5. The number of nitrogens with one attached hydrogen (secondary N) is 1. The van der Waals surface area contributed by atoms with Crippen LogP contribution in [0.25, 0.3) is 17.3 Å². The molecule has 0 saturated heterocycles. The van der Waals surface area contributed by atoms with Gasteiger partial charge in [-0.25, -0.2) is 22.5 Å². The third-order valence-corrected chi connectivity index (χ3v) is 4.63. The molecule has 0 radical (unpaired) electrons. The lowest BCUT2D eigenvalue weighted by Gasteiger charge is -2.06. The summed E-state index contributed by atoms with van der Waals surface area (Å²) in [5, 5.41) is 19.1. The maximum atomic E-state index is 14.3. The number of halogens is 4. The SMILES string of the molecule is N#Cc1ccc(-n2c(O)c(C=C3C=Nc4c3ccc(Cl)c4F)[nH]c2=O)c(F)c1F. The first kappa shape index (κ1) is 18.6. The Balaban J connectivity index is 1.84. The van der Waals surface area contributed by atoms with E-state index in [4.69, 9.17) is 16.9 Å². The molecule has 0 aliphatic carbocycles. The van der Waals surface area contributed by atoms with Gasteiger partial charge in [0.05, 0.1) is 16.3 Å². The minimum atomic E-state index is -1.47. The van der Waals surface area contributed by atoms with Gasteiger partial charge in [0.2, 0.25) is 5.88 Å². The second kappa shape index (κ2) is 6.68. The molecular weight excluding hydrogens is 409 g/mol. The van der Waals surface area contributed by atoms with Crippen molar-refractivity contribution in [3.8, 4) is 17.6 Å². The summed E-state index contributed by atoms with van der Waals surface area (Å²) in [6, 6.07) is 6.30. The molecule has 6 nitrogen and oxygen atoms in total. The molecule has 0 saturated carbocycles. The predicted octanol–water partition coefficient (Wildman–Crippen LogP) is 4.07. The second-order valence-corrected chi connectivity index (χ2v) is 6.40. The lowest BCUT2D eigenvalue weighted by Crippen LogP contribution is -2.16. The molecule has 1 aliphatic heterocycles. The molecule has 1 aromatic heterocycles. The Bertz CT molecular complexity index is 1350. The normalized spacial score (nSPS) is 13.7. The molecule has 10 heteroatoms. The van der Waals surface area contributed by atoms with Crippen LogP contribution in [-0.4, -0.2) is 20.9 Å². The molecule has 0 bridgehead atoms. The molecule has 0 unspecified atom stereocenters. The van der Waals surface area contributed by atoms with Crippen LogP contribution >= 0.6 is 11.6 Å². The maximum absolute atomic E-state index is 14.3. The molecule has 0 atom stereocenters. The molecule has 144 valence electrons. The van der Waals surface area contributed by atoms with Crippen molar-refractivity contribution in [2.45, 2.75) is 0 Å². The molecule has 4 rings (SSSR count). The number of aromatic hydroxyl groups is 1. The van der Waals surface area contributed by atoms with Gasteiger partial charge in [0.15, 0.2) is 17.5 Å². The molecule has 2 heterocycles. The van der Waals surface area contributed by atoms with Crippen LogP contribution < -0.4 is 5.69 Å². The molecule has 3 aromatic rings. The number of aromatic amines is 1. The molecule has 0 fully saturated rings. The molecule has 29 heavy (non-hydrogen) atoms. The Morgan fingerprint density at radius 2 is 1.93 bits per heavy atom. The zero-order chi connectivity index (χ0) is 20.9. The van der Waals surface area contributed by atoms with E-state index in [-0.39, 0.29) is 16.4 Å². The minimum Gasteiger partial charge on any atom is -0.493 e. The van der Waals surface area contributed by atoms with Crippen molar-refractivity contribution in [3.63, 3.8) is 0 Å². The van der Waals surface area contributed by atoms with Crippen LogP contribution in [0.1, 0.15) is 16.8 Å². The molecule has 2 aromatic carbocycles. The van der Waals surface area contributed by atoms with Crippen molar-refractivity contribution in [2.24, 2.45) is 4.99 Å². The average molecular weight is 417 g/mol. The second-order valence-electron chi connectivity index (χ2n) is 5.99. The summed E-state index contributed by atoms with van der Waals surface area (Å²) in [5.41, 5.74) is -1.48. The molecule has 2 N–H and O–H groups in total.